The van der Waals surface area contributed by atoms with Gasteiger partial charge in [-0.05, 0) is 64.4 Å². The first-order valence-electron chi connectivity index (χ1n) is 14.5. The summed E-state index contributed by atoms with van der Waals surface area (Å²) in [6, 6.07) is 14.2. The van der Waals surface area contributed by atoms with E-state index in [1.54, 1.807) is 36.5 Å². The Labute approximate surface area is 256 Å². The van der Waals surface area contributed by atoms with Crippen molar-refractivity contribution in [2.75, 3.05) is 24.6 Å². The molecule has 2 unspecified atom stereocenters. The third-order valence-electron chi connectivity index (χ3n) is 8.07. The second-order valence-corrected chi connectivity index (χ2v) is 14.1. The molecule has 11 nitrogen and oxygen atoms in total. The van der Waals surface area contributed by atoms with Gasteiger partial charge in [0.2, 0.25) is 0 Å². The molecule has 7 rings (SSSR count). The van der Waals surface area contributed by atoms with E-state index in [0.29, 0.717) is 35.3 Å². The number of fused-ring (bicyclic) bond motifs is 3. The number of nitriles is 1. The van der Waals surface area contributed by atoms with Gasteiger partial charge in [-0.15, -0.1) is 0 Å². The zero-order chi connectivity index (χ0) is 31.4. The second kappa shape index (κ2) is 10.9. The first-order chi connectivity index (χ1) is 20.9. The number of carbonyl (C=O) groups excluding carboxylic acids is 1. The van der Waals surface area contributed by atoms with Crippen molar-refractivity contribution in [1.82, 2.24) is 18.8 Å². The number of piperidine rings is 1. The van der Waals surface area contributed by atoms with E-state index in [1.807, 2.05) is 44.7 Å². The zero-order valence-corrected chi connectivity index (χ0v) is 25.9. The van der Waals surface area contributed by atoms with Crippen LogP contribution in [0.5, 0.6) is 0 Å². The van der Waals surface area contributed by atoms with Gasteiger partial charge in [0.05, 0.1) is 22.5 Å². The Balaban J connectivity index is 1.34. The molecule has 3 aliphatic heterocycles. The lowest BCUT2D eigenvalue weighted by Gasteiger charge is -2.56. The summed E-state index contributed by atoms with van der Waals surface area (Å²) in [5, 5.41) is 20.2. The van der Waals surface area contributed by atoms with Gasteiger partial charge in [0.25, 0.3) is 10.0 Å². The molecule has 44 heavy (non-hydrogen) atoms. The Morgan fingerprint density at radius 3 is 2.39 bits per heavy atom. The number of hydrogen-bond acceptors (Lipinski definition) is 9. The van der Waals surface area contributed by atoms with Crippen LogP contribution in [0.25, 0.3) is 22.2 Å². The number of nitrogens with zero attached hydrogens (tertiary/aromatic N) is 6. The van der Waals surface area contributed by atoms with Crippen LogP contribution in [0.1, 0.15) is 44.0 Å². The molecule has 3 fully saturated rings. The van der Waals surface area contributed by atoms with Crippen molar-refractivity contribution in [3.05, 3.63) is 71.7 Å². The van der Waals surface area contributed by atoms with Crippen LogP contribution in [0.4, 0.5) is 10.6 Å². The van der Waals surface area contributed by atoms with Gasteiger partial charge in [0.15, 0.2) is 5.65 Å². The molecular formula is C32H34N6O5S. The minimum Gasteiger partial charge on any atom is -0.444 e. The van der Waals surface area contributed by atoms with Crippen molar-refractivity contribution >= 4 is 33.0 Å². The highest BCUT2D eigenvalue weighted by molar-refractivity contribution is 7.90. The largest absolute Gasteiger partial charge is 0.444 e. The van der Waals surface area contributed by atoms with Crippen LogP contribution in [0, 0.1) is 18.3 Å². The fraction of sp³-hybridized carbons (Fsp3) is 0.375. The molecule has 3 saturated heterocycles. The summed E-state index contributed by atoms with van der Waals surface area (Å²) in [4.78, 5) is 25.9. The standard InChI is InChI=1S/C32H34N6O5S/c1-20-5-8-26(9-6-20)44(41,42)38-23(11-12-39)14-27-29(22(15-33)17-35-30(27)38)21-7-10-28(34-16-21)36-18-24-13-25(19-36)37(24)31(40)43-32(2,3)4/h5-10,14,16-17,24-25,39H,11-13,18-19H2,1-4H3. The summed E-state index contributed by atoms with van der Waals surface area (Å²) >= 11 is 0. The van der Waals surface area contributed by atoms with Gasteiger partial charge in [0, 0.05) is 60.7 Å². The van der Waals surface area contributed by atoms with E-state index in [-0.39, 0.29) is 47.3 Å². The van der Waals surface area contributed by atoms with Crippen molar-refractivity contribution in [2.45, 2.75) is 63.1 Å². The SMILES string of the molecule is Cc1ccc(S(=O)(=O)n2c(CCO)cc3c(-c4ccc(N5CC6CC(C5)N6C(=O)OC(C)(C)C)nc4)c(C#N)cnc32)cc1. The maximum Gasteiger partial charge on any atom is 0.410 e. The van der Waals surface area contributed by atoms with Crippen LogP contribution in [0.3, 0.4) is 0 Å². The summed E-state index contributed by atoms with van der Waals surface area (Å²) < 4.78 is 34.4. The number of rotatable bonds is 6. The average Bonchev–Trinajstić information content (AvgIpc) is 3.35. The maximum atomic E-state index is 13.8. The highest BCUT2D eigenvalue weighted by Gasteiger charge is 2.49. The fourth-order valence-corrected chi connectivity index (χ4v) is 7.59. The first kappa shape index (κ1) is 29.6. The smallest absolute Gasteiger partial charge is 0.410 e. The fourth-order valence-electron chi connectivity index (χ4n) is 6.07. The lowest BCUT2D eigenvalue weighted by Crippen LogP contribution is -2.70. The van der Waals surface area contributed by atoms with Gasteiger partial charge >= 0.3 is 6.09 Å². The van der Waals surface area contributed by atoms with Crippen molar-refractivity contribution in [3.63, 3.8) is 0 Å². The Bertz CT molecular complexity index is 1880. The maximum absolute atomic E-state index is 13.8. The van der Waals surface area contributed by atoms with Gasteiger partial charge in [-0.1, -0.05) is 17.7 Å². The Hall–Kier alpha value is -4.47. The molecule has 2 atom stereocenters. The Morgan fingerprint density at radius 1 is 1.09 bits per heavy atom. The molecule has 3 aliphatic rings. The molecule has 228 valence electrons. The average molecular weight is 615 g/mol. The van der Waals surface area contributed by atoms with Gasteiger partial charge in [0.1, 0.15) is 17.5 Å². The van der Waals surface area contributed by atoms with Gasteiger partial charge in [-0.3, -0.25) is 4.90 Å². The van der Waals surface area contributed by atoms with Crippen molar-refractivity contribution in [2.24, 2.45) is 0 Å². The summed E-state index contributed by atoms with van der Waals surface area (Å²) in [6.07, 6.45) is 3.77. The Kier molecular flexibility index (Phi) is 7.34. The summed E-state index contributed by atoms with van der Waals surface area (Å²) in [6.45, 7) is 8.46. The van der Waals surface area contributed by atoms with E-state index in [2.05, 4.69) is 16.0 Å². The van der Waals surface area contributed by atoms with E-state index in [4.69, 9.17) is 9.72 Å². The number of anilines is 1. The summed E-state index contributed by atoms with van der Waals surface area (Å²) in [7, 11) is -4.05. The number of piperazine rings is 1. The molecule has 1 N–H and O–H groups in total. The number of aliphatic hydroxyl groups excluding tert-OH is 1. The second-order valence-electron chi connectivity index (χ2n) is 12.3. The van der Waals surface area contributed by atoms with Crippen molar-refractivity contribution in [1.29, 1.82) is 5.26 Å². The molecule has 0 saturated carbocycles. The highest BCUT2D eigenvalue weighted by Crippen LogP contribution is 2.38. The quantitative estimate of drug-likeness (QED) is 0.337. The highest BCUT2D eigenvalue weighted by atomic mass is 32.2. The molecule has 2 bridgehead atoms. The van der Waals surface area contributed by atoms with Crippen molar-refractivity contribution in [3.8, 4) is 17.2 Å². The molecular weight excluding hydrogens is 580 g/mol. The lowest BCUT2D eigenvalue weighted by atomic mass is 9.88. The molecule has 0 radical (unpaired) electrons. The zero-order valence-electron chi connectivity index (χ0n) is 25.1. The normalized spacial score (nSPS) is 18.2. The predicted octanol–water partition coefficient (Wildman–Crippen LogP) is 4.25. The van der Waals surface area contributed by atoms with Crippen LogP contribution < -0.4 is 4.90 Å². The van der Waals surface area contributed by atoms with Crippen LogP contribution in [-0.4, -0.2) is 75.8 Å². The van der Waals surface area contributed by atoms with Gasteiger partial charge < -0.3 is 14.7 Å². The van der Waals surface area contributed by atoms with Crippen LogP contribution in [0.15, 0.2) is 59.8 Å². The number of carbonyl (C=O) groups is 1. The molecule has 0 spiro atoms. The molecule has 3 aromatic heterocycles. The topological polar surface area (TPSA) is 142 Å². The number of pyridine rings is 2. The van der Waals surface area contributed by atoms with E-state index in [1.165, 1.54) is 6.20 Å². The van der Waals surface area contributed by atoms with E-state index >= 15 is 0 Å². The number of ether oxygens (including phenoxy) is 1. The monoisotopic (exact) mass is 614 g/mol. The molecule has 6 heterocycles. The van der Waals surface area contributed by atoms with Gasteiger partial charge in [-0.25, -0.2) is 27.2 Å². The van der Waals surface area contributed by atoms with Gasteiger partial charge in [-0.2, -0.15) is 5.26 Å². The molecule has 1 amide bonds. The van der Waals surface area contributed by atoms with Crippen LogP contribution in [0.2, 0.25) is 0 Å². The third-order valence-corrected chi connectivity index (χ3v) is 9.82. The molecule has 12 heteroatoms. The third kappa shape index (κ3) is 5.16. The molecule has 4 aromatic rings. The van der Waals surface area contributed by atoms with Crippen molar-refractivity contribution < 1.29 is 23.1 Å². The lowest BCUT2D eigenvalue weighted by molar-refractivity contribution is -0.0380. The summed E-state index contributed by atoms with van der Waals surface area (Å²) in [5.74, 6) is 0.747. The first-order valence-corrected chi connectivity index (χ1v) is 15.9. The van der Waals surface area contributed by atoms with E-state index < -0.39 is 15.6 Å². The molecule has 0 aliphatic carbocycles. The van der Waals surface area contributed by atoms with Crippen LogP contribution >= 0.6 is 0 Å². The summed E-state index contributed by atoms with van der Waals surface area (Å²) in [5.41, 5.74) is 2.34. The minimum atomic E-state index is -4.05. The predicted molar refractivity (Wildman–Crippen MR) is 165 cm³/mol. The number of aliphatic hydroxyl groups is 1. The van der Waals surface area contributed by atoms with E-state index in [0.717, 1.165) is 21.8 Å². The Morgan fingerprint density at radius 2 is 1.80 bits per heavy atom. The van der Waals surface area contributed by atoms with E-state index in [9.17, 15) is 23.6 Å². The number of hydrogen-bond donors (Lipinski definition) is 1. The van der Waals surface area contributed by atoms with Crippen LogP contribution in [-0.2, 0) is 21.2 Å². The number of aryl methyl sites for hydroxylation is 1. The number of aromatic nitrogens is 3. The minimum absolute atomic E-state index is 0.0512. The number of amides is 1. The molecule has 1 aromatic carbocycles. The number of benzene rings is 1.